The van der Waals surface area contributed by atoms with Gasteiger partial charge in [-0.1, -0.05) is 57.4 Å². The largest absolute Gasteiger partial charge is 0.426 e. The number of hydrogen-bond donors (Lipinski definition) is 0. The van der Waals surface area contributed by atoms with Crippen LogP contribution in [0.2, 0.25) is 0 Å². The van der Waals surface area contributed by atoms with Crippen LogP contribution < -0.4 is 9.47 Å². The molecular weight excluding hydrogens is 454 g/mol. The summed E-state index contributed by atoms with van der Waals surface area (Å²) < 4.78 is 17.0. The minimum Gasteiger partial charge on any atom is -0.426 e. The number of rotatable bonds is 8. The number of nitrogens with zero attached hydrogens (tertiary/aromatic N) is 1. The molecule has 194 valence electrons. The zero-order chi connectivity index (χ0) is 25.5. The van der Waals surface area contributed by atoms with E-state index >= 15 is 0 Å². The van der Waals surface area contributed by atoms with Crippen molar-refractivity contribution in [3.63, 3.8) is 0 Å². The lowest BCUT2D eigenvalue weighted by atomic mass is 9.68. The van der Waals surface area contributed by atoms with E-state index in [-0.39, 0.29) is 16.7 Å². The van der Waals surface area contributed by atoms with Crippen molar-refractivity contribution in [2.75, 3.05) is 26.2 Å². The van der Waals surface area contributed by atoms with Gasteiger partial charge in [-0.3, -0.25) is 4.79 Å². The Morgan fingerprint density at radius 1 is 1.03 bits per heavy atom. The molecule has 6 nitrogen and oxygen atoms in total. The van der Waals surface area contributed by atoms with E-state index in [2.05, 4.69) is 24.8 Å². The average molecular weight is 494 g/mol. The topological polar surface area (TPSA) is 65.1 Å². The number of para-hydroxylation sites is 1. The highest BCUT2D eigenvalue weighted by atomic mass is 16.5. The summed E-state index contributed by atoms with van der Waals surface area (Å²) in [5.74, 6) is 0.107. The Bertz CT molecular complexity index is 1050. The first-order valence-corrected chi connectivity index (χ1v) is 13.3. The van der Waals surface area contributed by atoms with E-state index in [1.807, 2.05) is 12.1 Å². The third-order valence-corrected chi connectivity index (χ3v) is 7.95. The van der Waals surface area contributed by atoms with Crippen molar-refractivity contribution in [1.29, 1.82) is 0 Å². The molecule has 36 heavy (non-hydrogen) atoms. The lowest BCUT2D eigenvalue weighted by Crippen LogP contribution is -2.48. The summed E-state index contributed by atoms with van der Waals surface area (Å²) >= 11 is 0. The first-order chi connectivity index (χ1) is 17.3. The van der Waals surface area contributed by atoms with Gasteiger partial charge in [-0.25, -0.2) is 4.79 Å². The molecule has 2 fully saturated rings. The molecule has 6 heteroatoms. The average Bonchev–Trinajstić information content (AvgIpc) is 2.87. The second-order valence-corrected chi connectivity index (χ2v) is 10.5. The number of hydrogen-bond acceptors (Lipinski definition) is 6. The van der Waals surface area contributed by atoms with Gasteiger partial charge in [-0.2, -0.15) is 0 Å². The van der Waals surface area contributed by atoms with Crippen LogP contribution in [-0.4, -0.2) is 49.2 Å². The van der Waals surface area contributed by atoms with Crippen LogP contribution in [0.3, 0.4) is 0 Å². The molecule has 1 heterocycles. The predicted octanol–water partition coefficient (Wildman–Crippen LogP) is 5.78. The summed E-state index contributed by atoms with van der Waals surface area (Å²) in [6.07, 6.45) is 7.87. The monoisotopic (exact) mass is 493 g/mol. The smallest absolute Gasteiger partial charge is 0.347 e. The Morgan fingerprint density at radius 3 is 2.56 bits per heavy atom. The van der Waals surface area contributed by atoms with Crippen LogP contribution in [0.1, 0.15) is 75.2 Å². The number of likely N-dealkylation sites (tertiary alicyclic amines) is 1. The molecule has 0 bridgehead atoms. The number of benzene rings is 2. The Morgan fingerprint density at radius 2 is 1.81 bits per heavy atom. The number of esters is 2. The highest BCUT2D eigenvalue weighted by Gasteiger charge is 2.38. The van der Waals surface area contributed by atoms with Gasteiger partial charge in [0.2, 0.25) is 0 Å². The van der Waals surface area contributed by atoms with Crippen LogP contribution in [0, 0.1) is 5.92 Å². The van der Waals surface area contributed by atoms with Crippen LogP contribution in [0.4, 0.5) is 0 Å². The van der Waals surface area contributed by atoms with Crippen LogP contribution in [0.5, 0.6) is 11.5 Å². The minimum atomic E-state index is -0.546. The molecule has 2 atom stereocenters. The zero-order valence-corrected chi connectivity index (χ0v) is 21.8. The van der Waals surface area contributed by atoms with Crippen molar-refractivity contribution >= 4 is 11.9 Å². The van der Waals surface area contributed by atoms with Crippen molar-refractivity contribution in [3.05, 3.63) is 59.7 Å². The number of carbonyl (C=O) groups excluding carboxylic acids is 2. The minimum absolute atomic E-state index is 0.0151. The maximum Gasteiger partial charge on any atom is 0.347 e. The van der Waals surface area contributed by atoms with Crippen LogP contribution in [-0.2, 0) is 14.9 Å². The number of ether oxygens (including phenoxy) is 3. The second kappa shape index (κ2) is 12.0. The van der Waals surface area contributed by atoms with Crippen molar-refractivity contribution in [2.45, 2.75) is 70.8 Å². The first kappa shape index (κ1) is 26.4. The molecule has 1 aliphatic carbocycles. The molecule has 1 saturated carbocycles. The molecule has 2 aliphatic rings. The van der Waals surface area contributed by atoms with Crippen molar-refractivity contribution in [2.24, 2.45) is 5.92 Å². The normalized spacial score (nSPS) is 23.2. The molecule has 1 saturated heterocycles. The molecule has 0 spiro atoms. The van der Waals surface area contributed by atoms with Gasteiger partial charge in [0.1, 0.15) is 17.1 Å². The quantitative estimate of drug-likeness (QED) is 0.343. The molecule has 0 radical (unpaired) electrons. The molecule has 0 N–H and O–H groups in total. The molecule has 1 aliphatic heterocycles. The van der Waals surface area contributed by atoms with E-state index in [0.29, 0.717) is 17.8 Å². The summed E-state index contributed by atoms with van der Waals surface area (Å²) in [6, 6.07) is 14.5. The van der Waals surface area contributed by atoms with Gasteiger partial charge in [0.05, 0.1) is 12.7 Å². The molecule has 0 aromatic heterocycles. The third kappa shape index (κ3) is 6.54. The lowest BCUT2D eigenvalue weighted by molar-refractivity contribution is -0.131. The third-order valence-electron chi connectivity index (χ3n) is 7.95. The van der Waals surface area contributed by atoms with Gasteiger partial charge in [-0.05, 0) is 67.0 Å². The summed E-state index contributed by atoms with van der Waals surface area (Å²) in [6.45, 7) is 9.76. The van der Waals surface area contributed by atoms with Crippen LogP contribution >= 0.6 is 0 Å². The SMILES string of the molecule is CC(=O)Oc1ccccc1C(=O)Oc1cccc(C2(C)CCN(CCOC3CCCCC3)CC2C)c1. The van der Waals surface area contributed by atoms with Gasteiger partial charge in [-0.15, -0.1) is 0 Å². The van der Waals surface area contributed by atoms with E-state index in [1.54, 1.807) is 30.3 Å². The van der Waals surface area contributed by atoms with Crippen LogP contribution in [0.15, 0.2) is 48.5 Å². The molecule has 0 amide bonds. The molecule has 2 aromatic carbocycles. The van der Waals surface area contributed by atoms with Crippen molar-refractivity contribution < 1.29 is 23.8 Å². The number of carbonyl (C=O) groups is 2. The first-order valence-electron chi connectivity index (χ1n) is 13.3. The fourth-order valence-electron chi connectivity index (χ4n) is 5.49. The maximum atomic E-state index is 12.9. The van der Waals surface area contributed by atoms with E-state index in [0.717, 1.165) is 32.7 Å². The lowest BCUT2D eigenvalue weighted by Gasteiger charge is -2.45. The molecule has 2 aromatic rings. The molecule has 2 unspecified atom stereocenters. The Hall–Kier alpha value is -2.70. The van der Waals surface area contributed by atoms with E-state index in [4.69, 9.17) is 14.2 Å². The summed E-state index contributed by atoms with van der Waals surface area (Å²) in [5, 5.41) is 0. The summed E-state index contributed by atoms with van der Waals surface area (Å²) in [7, 11) is 0. The van der Waals surface area contributed by atoms with Gasteiger partial charge < -0.3 is 19.1 Å². The fourth-order valence-corrected chi connectivity index (χ4v) is 5.49. The van der Waals surface area contributed by atoms with Gasteiger partial charge in [0, 0.05) is 20.0 Å². The van der Waals surface area contributed by atoms with Gasteiger partial charge in [0.15, 0.2) is 0 Å². The highest BCUT2D eigenvalue weighted by Crippen LogP contribution is 2.40. The maximum absolute atomic E-state index is 12.9. The Kier molecular flexibility index (Phi) is 8.81. The standard InChI is InChI=1S/C30H39NO5/c1-22-21-31(18-19-34-25-11-5-4-6-12-25)17-16-30(22,3)24-10-9-13-26(20-24)36-29(33)27-14-7-8-15-28(27)35-23(2)32/h7-10,13-15,20,22,25H,4-6,11-12,16-19,21H2,1-3H3. The molecular formula is C30H39NO5. The Labute approximate surface area is 214 Å². The van der Waals surface area contributed by atoms with Gasteiger partial charge in [0.25, 0.3) is 0 Å². The fraction of sp³-hybridized carbons (Fsp3) is 0.533. The Balaban J connectivity index is 1.36. The highest BCUT2D eigenvalue weighted by molar-refractivity contribution is 5.94. The van der Waals surface area contributed by atoms with E-state index in [1.165, 1.54) is 44.6 Å². The molecule has 4 rings (SSSR count). The summed E-state index contributed by atoms with van der Waals surface area (Å²) in [4.78, 5) is 26.8. The summed E-state index contributed by atoms with van der Waals surface area (Å²) in [5.41, 5.74) is 1.38. The number of piperidine rings is 1. The second-order valence-electron chi connectivity index (χ2n) is 10.5. The van der Waals surface area contributed by atoms with E-state index < -0.39 is 11.9 Å². The van der Waals surface area contributed by atoms with Crippen LogP contribution in [0.25, 0.3) is 0 Å². The van der Waals surface area contributed by atoms with E-state index in [9.17, 15) is 9.59 Å². The van der Waals surface area contributed by atoms with Crippen molar-refractivity contribution in [1.82, 2.24) is 4.90 Å². The predicted molar refractivity (Wildman–Crippen MR) is 140 cm³/mol. The zero-order valence-electron chi connectivity index (χ0n) is 21.8. The van der Waals surface area contributed by atoms with Gasteiger partial charge >= 0.3 is 11.9 Å². The van der Waals surface area contributed by atoms with Crippen molar-refractivity contribution in [3.8, 4) is 11.5 Å².